The monoisotopic (exact) mass is 183 g/mol. The average Bonchev–Trinajstić information content (AvgIpc) is 2.08. The van der Waals surface area contributed by atoms with Gasteiger partial charge in [-0.2, -0.15) is 0 Å². The Morgan fingerprint density at radius 1 is 1.54 bits per heavy atom. The highest BCUT2D eigenvalue weighted by Crippen LogP contribution is 2.15. The minimum absolute atomic E-state index is 0.0837. The number of rotatable bonds is 3. The van der Waals surface area contributed by atoms with Crippen molar-refractivity contribution >= 4 is 5.95 Å². The molecule has 0 saturated carbocycles. The first-order valence-corrected chi connectivity index (χ1v) is 4.41. The van der Waals surface area contributed by atoms with Gasteiger partial charge in [0.05, 0.1) is 11.9 Å². The first kappa shape index (κ1) is 9.89. The predicted molar refractivity (Wildman–Crippen MR) is 50.2 cm³/mol. The first-order chi connectivity index (χ1) is 6.15. The lowest BCUT2D eigenvalue weighted by Crippen LogP contribution is -2.06. The lowest BCUT2D eigenvalue weighted by atomic mass is 10.1. The summed E-state index contributed by atoms with van der Waals surface area (Å²) in [5.41, 5.74) is 0.464. The van der Waals surface area contributed by atoms with Crippen LogP contribution in [-0.2, 0) is 0 Å². The quantitative estimate of drug-likeness (QED) is 0.780. The molecule has 1 aromatic heterocycles. The van der Waals surface area contributed by atoms with E-state index in [9.17, 15) is 4.39 Å². The average molecular weight is 183 g/mol. The summed E-state index contributed by atoms with van der Waals surface area (Å²) in [5, 5.41) is 2.94. The Morgan fingerprint density at radius 3 is 2.77 bits per heavy atom. The van der Waals surface area contributed by atoms with Gasteiger partial charge in [-0.25, -0.2) is 14.4 Å². The van der Waals surface area contributed by atoms with Gasteiger partial charge in [-0.05, 0) is 12.8 Å². The fourth-order valence-electron chi connectivity index (χ4n) is 1.03. The SMILES string of the molecule is CCNc1ncc(F)c(C(C)C)n1. The maximum atomic E-state index is 13.1. The van der Waals surface area contributed by atoms with Crippen molar-refractivity contribution in [3.05, 3.63) is 17.7 Å². The molecule has 0 bridgehead atoms. The molecule has 0 spiro atoms. The van der Waals surface area contributed by atoms with Crippen LogP contribution >= 0.6 is 0 Å². The Hall–Kier alpha value is -1.19. The molecule has 0 fully saturated rings. The molecule has 1 aromatic rings. The van der Waals surface area contributed by atoms with Crippen LogP contribution in [0.4, 0.5) is 10.3 Å². The third kappa shape index (κ3) is 2.37. The topological polar surface area (TPSA) is 37.8 Å². The van der Waals surface area contributed by atoms with E-state index in [2.05, 4.69) is 15.3 Å². The van der Waals surface area contributed by atoms with Gasteiger partial charge in [0, 0.05) is 6.54 Å². The van der Waals surface area contributed by atoms with Crippen LogP contribution in [0.25, 0.3) is 0 Å². The van der Waals surface area contributed by atoms with E-state index in [-0.39, 0.29) is 11.7 Å². The number of aromatic nitrogens is 2. The van der Waals surface area contributed by atoms with Crippen LogP contribution in [0, 0.1) is 5.82 Å². The summed E-state index contributed by atoms with van der Waals surface area (Å²) >= 11 is 0. The van der Waals surface area contributed by atoms with Crippen molar-refractivity contribution in [2.75, 3.05) is 11.9 Å². The van der Waals surface area contributed by atoms with Crippen molar-refractivity contribution in [3.8, 4) is 0 Å². The second-order valence-corrected chi connectivity index (χ2v) is 3.11. The number of anilines is 1. The molecular weight excluding hydrogens is 169 g/mol. The van der Waals surface area contributed by atoms with Crippen LogP contribution in [0.5, 0.6) is 0 Å². The summed E-state index contributed by atoms with van der Waals surface area (Å²) in [4.78, 5) is 7.88. The number of hydrogen-bond donors (Lipinski definition) is 1. The Labute approximate surface area is 77.4 Å². The molecule has 0 aliphatic rings. The zero-order chi connectivity index (χ0) is 9.84. The molecule has 1 N–H and O–H groups in total. The van der Waals surface area contributed by atoms with E-state index in [1.165, 1.54) is 6.20 Å². The van der Waals surface area contributed by atoms with E-state index >= 15 is 0 Å². The van der Waals surface area contributed by atoms with Gasteiger partial charge in [-0.3, -0.25) is 0 Å². The molecular formula is C9H14FN3. The zero-order valence-corrected chi connectivity index (χ0v) is 8.13. The largest absolute Gasteiger partial charge is 0.354 e. The molecule has 1 heterocycles. The summed E-state index contributed by atoms with van der Waals surface area (Å²) in [6.45, 7) is 6.49. The molecule has 0 aliphatic carbocycles. The minimum Gasteiger partial charge on any atom is -0.354 e. The number of halogens is 1. The minimum atomic E-state index is -0.336. The number of hydrogen-bond acceptors (Lipinski definition) is 3. The smallest absolute Gasteiger partial charge is 0.223 e. The Morgan fingerprint density at radius 2 is 2.23 bits per heavy atom. The van der Waals surface area contributed by atoms with Gasteiger partial charge >= 0.3 is 0 Å². The van der Waals surface area contributed by atoms with Crippen molar-refractivity contribution in [1.29, 1.82) is 0 Å². The van der Waals surface area contributed by atoms with Crippen molar-refractivity contribution in [2.24, 2.45) is 0 Å². The number of nitrogens with zero attached hydrogens (tertiary/aromatic N) is 2. The van der Waals surface area contributed by atoms with Crippen LogP contribution in [0.2, 0.25) is 0 Å². The summed E-state index contributed by atoms with van der Waals surface area (Å²) in [5.74, 6) is 0.240. The van der Waals surface area contributed by atoms with Crippen LogP contribution in [0.1, 0.15) is 32.4 Å². The van der Waals surface area contributed by atoms with Crippen molar-refractivity contribution in [2.45, 2.75) is 26.7 Å². The predicted octanol–water partition coefficient (Wildman–Crippen LogP) is 2.17. The van der Waals surface area contributed by atoms with E-state index < -0.39 is 0 Å². The Bertz CT molecular complexity index is 286. The molecule has 0 unspecified atom stereocenters. The van der Waals surface area contributed by atoms with Crippen molar-refractivity contribution < 1.29 is 4.39 Å². The summed E-state index contributed by atoms with van der Waals surface area (Å²) in [6, 6.07) is 0. The number of nitrogens with one attached hydrogen (secondary N) is 1. The van der Waals surface area contributed by atoms with Crippen LogP contribution in [0.3, 0.4) is 0 Å². The maximum absolute atomic E-state index is 13.1. The van der Waals surface area contributed by atoms with E-state index in [0.717, 1.165) is 6.54 Å². The highest BCUT2D eigenvalue weighted by Gasteiger charge is 2.09. The van der Waals surface area contributed by atoms with Crippen LogP contribution < -0.4 is 5.32 Å². The summed E-state index contributed by atoms with van der Waals surface area (Å²) < 4.78 is 13.1. The third-order valence-corrected chi connectivity index (χ3v) is 1.65. The van der Waals surface area contributed by atoms with E-state index in [4.69, 9.17) is 0 Å². The molecule has 0 aromatic carbocycles. The van der Waals surface area contributed by atoms with Gasteiger partial charge in [-0.15, -0.1) is 0 Å². The molecule has 0 amide bonds. The summed E-state index contributed by atoms with van der Waals surface area (Å²) in [6.07, 6.45) is 1.21. The molecule has 13 heavy (non-hydrogen) atoms. The second kappa shape index (κ2) is 4.16. The van der Waals surface area contributed by atoms with E-state index in [1.54, 1.807) is 0 Å². The summed E-state index contributed by atoms with van der Waals surface area (Å²) in [7, 11) is 0. The molecule has 72 valence electrons. The van der Waals surface area contributed by atoms with Gasteiger partial charge in [0.2, 0.25) is 5.95 Å². The van der Waals surface area contributed by atoms with Crippen molar-refractivity contribution in [1.82, 2.24) is 9.97 Å². The molecule has 0 saturated heterocycles. The van der Waals surface area contributed by atoms with Crippen LogP contribution in [0.15, 0.2) is 6.20 Å². The van der Waals surface area contributed by atoms with Gasteiger partial charge in [0.15, 0.2) is 5.82 Å². The highest BCUT2D eigenvalue weighted by molar-refractivity contribution is 5.26. The molecule has 0 aliphatic heterocycles. The molecule has 0 radical (unpaired) electrons. The zero-order valence-electron chi connectivity index (χ0n) is 8.13. The molecule has 0 atom stereocenters. The lowest BCUT2D eigenvalue weighted by Gasteiger charge is -2.07. The van der Waals surface area contributed by atoms with E-state index in [0.29, 0.717) is 11.6 Å². The Balaban J connectivity index is 2.97. The lowest BCUT2D eigenvalue weighted by molar-refractivity contribution is 0.577. The van der Waals surface area contributed by atoms with Gasteiger partial charge < -0.3 is 5.32 Å². The molecule has 1 rings (SSSR count). The fourth-order valence-corrected chi connectivity index (χ4v) is 1.03. The maximum Gasteiger partial charge on any atom is 0.223 e. The first-order valence-electron chi connectivity index (χ1n) is 4.41. The normalized spacial score (nSPS) is 10.5. The van der Waals surface area contributed by atoms with Gasteiger partial charge in [-0.1, -0.05) is 13.8 Å². The molecule has 3 nitrogen and oxygen atoms in total. The van der Waals surface area contributed by atoms with Crippen molar-refractivity contribution in [3.63, 3.8) is 0 Å². The van der Waals surface area contributed by atoms with E-state index in [1.807, 2.05) is 20.8 Å². The highest BCUT2D eigenvalue weighted by atomic mass is 19.1. The van der Waals surface area contributed by atoms with Crippen LogP contribution in [-0.4, -0.2) is 16.5 Å². The second-order valence-electron chi connectivity index (χ2n) is 3.11. The van der Waals surface area contributed by atoms with Gasteiger partial charge in [0.1, 0.15) is 0 Å². The fraction of sp³-hybridized carbons (Fsp3) is 0.556. The third-order valence-electron chi connectivity index (χ3n) is 1.65. The Kier molecular flexibility index (Phi) is 3.17. The molecule has 4 heteroatoms. The standard InChI is InChI=1S/C9H14FN3/c1-4-11-9-12-5-7(10)8(13-9)6(2)3/h5-6H,4H2,1-3H3,(H,11,12,13). The van der Waals surface area contributed by atoms with Gasteiger partial charge in [0.25, 0.3) is 0 Å².